The molecule has 0 saturated carbocycles. The first-order chi connectivity index (χ1) is 12.5. The van der Waals surface area contributed by atoms with Gasteiger partial charge in [-0.2, -0.15) is 0 Å². The summed E-state index contributed by atoms with van der Waals surface area (Å²) in [4.78, 5) is 0. The molecule has 0 spiro atoms. The van der Waals surface area contributed by atoms with Crippen molar-refractivity contribution in [3.63, 3.8) is 0 Å². The minimum atomic E-state index is -3.34. The SMILES string of the molecule is CC1(C)OB(c2ccc(S(=O)(=O)CCCO[Si](C)(C)C(C)(C)C)s2)OC1(C)C. The van der Waals surface area contributed by atoms with Crippen molar-refractivity contribution in [1.29, 1.82) is 0 Å². The molecule has 0 amide bonds. The average Bonchev–Trinajstić information content (AvgIpc) is 3.07. The highest BCUT2D eigenvalue weighted by Gasteiger charge is 2.52. The molecule has 0 aliphatic carbocycles. The molecule has 160 valence electrons. The van der Waals surface area contributed by atoms with Gasteiger partial charge in [-0.25, -0.2) is 8.42 Å². The topological polar surface area (TPSA) is 61.8 Å². The van der Waals surface area contributed by atoms with Crippen LogP contribution in [0.3, 0.4) is 0 Å². The van der Waals surface area contributed by atoms with E-state index in [0.717, 1.165) is 4.78 Å². The molecule has 1 aliphatic rings. The lowest BCUT2D eigenvalue weighted by Gasteiger charge is -2.36. The Morgan fingerprint density at radius 1 is 1.11 bits per heavy atom. The smallest absolute Gasteiger partial charge is 0.417 e. The Bertz CT molecular complexity index is 777. The first-order valence-corrected chi connectivity index (χ1v) is 15.2. The van der Waals surface area contributed by atoms with Gasteiger partial charge >= 0.3 is 7.12 Å². The van der Waals surface area contributed by atoms with Gasteiger partial charge in [0.15, 0.2) is 18.2 Å². The van der Waals surface area contributed by atoms with Crippen molar-refractivity contribution in [3.05, 3.63) is 12.1 Å². The summed E-state index contributed by atoms with van der Waals surface area (Å²) in [5.41, 5.74) is -0.885. The molecule has 0 radical (unpaired) electrons. The molecule has 1 fully saturated rings. The molecule has 1 aromatic rings. The lowest BCUT2D eigenvalue weighted by Crippen LogP contribution is -2.41. The normalized spacial score (nSPS) is 20.0. The predicted octanol–water partition coefficient (Wildman–Crippen LogP) is 4.23. The second kappa shape index (κ2) is 7.81. The third-order valence-corrected chi connectivity index (χ3v) is 14.2. The minimum absolute atomic E-state index is 0.0882. The molecule has 2 heterocycles. The molecule has 1 aliphatic heterocycles. The molecule has 5 nitrogen and oxygen atoms in total. The second-order valence-corrected chi connectivity index (χ2v) is 18.3. The average molecular weight is 447 g/mol. The Morgan fingerprint density at radius 2 is 1.64 bits per heavy atom. The van der Waals surface area contributed by atoms with E-state index in [1.165, 1.54) is 11.3 Å². The lowest BCUT2D eigenvalue weighted by molar-refractivity contribution is 0.00578. The number of thiophene rings is 1. The molecule has 1 saturated heterocycles. The molecule has 0 N–H and O–H groups in total. The van der Waals surface area contributed by atoms with Gasteiger partial charge in [0.25, 0.3) is 0 Å². The van der Waals surface area contributed by atoms with Crippen LogP contribution < -0.4 is 4.78 Å². The van der Waals surface area contributed by atoms with Crippen LogP contribution in [0.1, 0.15) is 54.9 Å². The Balaban J connectivity index is 1.97. The number of sulfone groups is 1. The fourth-order valence-electron chi connectivity index (χ4n) is 2.48. The summed E-state index contributed by atoms with van der Waals surface area (Å²) in [6.07, 6.45) is 0.499. The molecule has 0 aromatic carbocycles. The van der Waals surface area contributed by atoms with Gasteiger partial charge in [-0.3, -0.25) is 0 Å². The zero-order chi connectivity index (χ0) is 21.6. The van der Waals surface area contributed by atoms with Gasteiger partial charge < -0.3 is 13.7 Å². The van der Waals surface area contributed by atoms with Crippen LogP contribution in [-0.4, -0.2) is 47.4 Å². The van der Waals surface area contributed by atoms with E-state index >= 15 is 0 Å². The zero-order valence-corrected chi connectivity index (χ0v) is 21.3. The van der Waals surface area contributed by atoms with Crippen molar-refractivity contribution < 1.29 is 22.2 Å². The van der Waals surface area contributed by atoms with E-state index in [-0.39, 0.29) is 10.8 Å². The molecule has 0 unspecified atom stereocenters. The molecule has 9 heteroatoms. The van der Waals surface area contributed by atoms with Crippen LogP contribution in [0, 0.1) is 0 Å². The Kier molecular flexibility index (Phi) is 6.72. The van der Waals surface area contributed by atoms with Gasteiger partial charge in [-0.15, -0.1) is 11.3 Å². The maximum absolute atomic E-state index is 12.7. The summed E-state index contributed by atoms with van der Waals surface area (Å²) in [5.74, 6) is 0.0882. The standard InChI is InChI=1S/C19H35BO5S2Si/c1-17(2,3)28(8,9)23-13-10-14-27(21,22)16-12-11-15(26-16)20-24-18(4,5)19(6,7)25-20/h11-12H,10,13-14H2,1-9H3. The van der Waals surface area contributed by atoms with Crippen LogP contribution in [0.25, 0.3) is 0 Å². The molecule has 28 heavy (non-hydrogen) atoms. The largest absolute Gasteiger partial charge is 0.505 e. The van der Waals surface area contributed by atoms with Crippen LogP contribution in [-0.2, 0) is 23.6 Å². The van der Waals surface area contributed by atoms with E-state index < -0.39 is 36.5 Å². The molecule has 0 atom stereocenters. The van der Waals surface area contributed by atoms with Crippen LogP contribution >= 0.6 is 11.3 Å². The van der Waals surface area contributed by atoms with Crippen LogP contribution in [0.15, 0.2) is 16.3 Å². The summed E-state index contributed by atoms with van der Waals surface area (Å²) < 4.78 is 44.7. The van der Waals surface area contributed by atoms with Gasteiger partial charge in [0.2, 0.25) is 0 Å². The maximum atomic E-state index is 12.7. The predicted molar refractivity (Wildman–Crippen MR) is 120 cm³/mol. The van der Waals surface area contributed by atoms with E-state index in [0.29, 0.717) is 17.2 Å². The quantitative estimate of drug-likeness (QED) is 0.463. The van der Waals surface area contributed by atoms with Gasteiger partial charge in [-0.05, 0) is 58.3 Å². The Hall–Kier alpha value is -0.188. The molecular formula is C19H35BO5S2Si. The van der Waals surface area contributed by atoms with E-state index in [4.69, 9.17) is 13.7 Å². The second-order valence-electron chi connectivity index (χ2n) is 10.0. The number of hydrogen-bond acceptors (Lipinski definition) is 6. The first-order valence-electron chi connectivity index (χ1n) is 9.81. The summed E-state index contributed by atoms with van der Waals surface area (Å²) in [6, 6.07) is 3.46. The molecular weight excluding hydrogens is 411 g/mol. The minimum Gasteiger partial charge on any atom is -0.417 e. The summed E-state index contributed by atoms with van der Waals surface area (Å²) in [7, 11) is -5.71. The van der Waals surface area contributed by atoms with E-state index in [1.54, 1.807) is 12.1 Å². The Labute approximate surface area is 176 Å². The van der Waals surface area contributed by atoms with Crippen molar-refractivity contribution >= 4 is 41.4 Å². The van der Waals surface area contributed by atoms with E-state index in [9.17, 15) is 8.42 Å². The van der Waals surface area contributed by atoms with Gasteiger partial charge in [0, 0.05) is 11.4 Å². The number of rotatable bonds is 7. The Morgan fingerprint density at radius 3 is 2.14 bits per heavy atom. The van der Waals surface area contributed by atoms with Gasteiger partial charge in [0.05, 0.1) is 17.0 Å². The lowest BCUT2D eigenvalue weighted by atomic mass is 9.88. The van der Waals surface area contributed by atoms with Crippen molar-refractivity contribution in [2.45, 2.75) is 88.4 Å². The van der Waals surface area contributed by atoms with Crippen molar-refractivity contribution in [2.24, 2.45) is 0 Å². The third-order valence-electron chi connectivity index (χ3n) is 6.22. The highest BCUT2D eigenvalue weighted by atomic mass is 32.2. The van der Waals surface area contributed by atoms with E-state index in [1.807, 2.05) is 27.7 Å². The van der Waals surface area contributed by atoms with Crippen LogP contribution in [0.4, 0.5) is 0 Å². The fourth-order valence-corrected chi connectivity index (χ4v) is 6.29. The van der Waals surface area contributed by atoms with Gasteiger partial charge in [0.1, 0.15) is 4.21 Å². The maximum Gasteiger partial charge on any atom is 0.505 e. The van der Waals surface area contributed by atoms with Crippen molar-refractivity contribution in [1.82, 2.24) is 0 Å². The molecule has 2 rings (SSSR count). The number of hydrogen-bond donors (Lipinski definition) is 0. The zero-order valence-electron chi connectivity index (χ0n) is 18.7. The van der Waals surface area contributed by atoms with Crippen LogP contribution in [0.5, 0.6) is 0 Å². The first kappa shape index (κ1) is 24.1. The van der Waals surface area contributed by atoms with Crippen LogP contribution in [0.2, 0.25) is 18.1 Å². The molecule has 1 aromatic heterocycles. The van der Waals surface area contributed by atoms with Crippen molar-refractivity contribution in [2.75, 3.05) is 12.4 Å². The van der Waals surface area contributed by atoms with Crippen molar-refractivity contribution in [3.8, 4) is 0 Å². The summed E-state index contributed by atoms with van der Waals surface area (Å²) in [6.45, 7) is 19.3. The molecule has 0 bridgehead atoms. The van der Waals surface area contributed by atoms with Gasteiger partial charge in [-0.1, -0.05) is 26.8 Å². The highest BCUT2D eigenvalue weighted by Crippen LogP contribution is 2.38. The fraction of sp³-hybridized carbons (Fsp3) is 0.789. The van der Waals surface area contributed by atoms with E-state index in [2.05, 4.69) is 33.9 Å². The monoisotopic (exact) mass is 446 g/mol. The third kappa shape index (κ3) is 5.10. The highest BCUT2D eigenvalue weighted by molar-refractivity contribution is 7.93. The summed E-state index contributed by atoms with van der Waals surface area (Å²) >= 11 is 1.24. The summed E-state index contributed by atoms with van der Waals surface area (Å²) in [5, 5.41) is 0.122.